The molecule has 0 heterocycles. The number of alkyl halides is 3. The van der Waals surface area contributed by atoms with Crippen LogP contribution in [0.3, 0.4) is 0 Å². The highest BCUT2D eigenvalue weighted by atomic mass is 35.5. The third-order valence-corrected chi connectivity index (χ3v) is 2.47. The number of carbonyl (C=O) groups excluding carboxylic acids is 1. The summed E-state index contributed by atoms with van der Waals surface area (Å²) in [6.45, 7) is 0. The van der Waals surface area contributed by atoms with Gasteiger partial charge >= 0.3 is 0 Å². The zero-order valence-electron chi connectivity index (χ0n) is 6.25. The second-order valence-electron chi connectivity index (χ2n) is 3.09. The molecule has 0 aromatic heterocycles. The normalized spacial score (nSPS) is 26.7. The van der Waals surface area contributed by atoms with Crippen LogP contribution in [0.4, 0.5) is 13.2 Å². The number of hydrogen-bond donors (Lipinski definition) is 0. The molecule has 0 N–H and O–H groups in total. The van der Waals surface area contributed by atoms with E-state index in [1.54, 1.807) is 0 Å². The van der Waals surface area contributed by atoms with Crippen molar-refractivity contribution >= 4 is 16.8 Å². The highest BCUT2D eigenvalue weighted by molar-refractivity contribution is 6.65. The highest BCUT2D eigenvalue weighted by Gasteiger charge is 2.47. The van der Waals surface area contributed by atoms with E-state index < -0.39 is 42.5 Å². The average molecular weight is 201 g/mol. The fraction of sp³-hybridized carbons (Fsp3) is 0.857. The largest absolute Gasteiger partial charge is 0.278 e. The number of hydrogen-bond acceptors (Lipinski definition) is 1. The zero-order valence-corrected chi connectivity index (χ0v) is 7.00. The van der Waals surface area contributed by atoms with Gasteiger partial charge in [0.2, 0.25) is 5.92 Å². The molecule has 5 heteroatoms. The van der Waals surface area contributed by atoms with Crippen molar-refractivity contribution in [1.82, 2.24) is 0 Å². The Labute approximate surface area is 72.9 Å². The summed E-state index contributed by atoms with van der Waals surface area (Å²) >= 11 is 4.93. The average Bonchev–Trinajstić information content (AvgIpc) is 1.96. The maximum atomic E-state index is 13.2. The van der Waals surface area contributed by atoms with Crippen LogP contribution in [0.2, 0.25) is 0 Å². The first-order chi connectivity index (χ1) is 5.36. The molecule has 1 fully saturated rings. The Kier molecular flexibility index (Phi) is 2.38. The summed E-state index contributed by atoms with van der Waals surface area (Å²) < 4.78 is 38.2. The van der Waals surface area contributed by atoms with Crippen molar-refractivity contribution in [2.75, 3.05) is 0 Å². The van der Waals surface area contributed by atoms with Crippen LogP contribution in [0.1, 0.15) is 25.7 Å². The first-order valence-electron chi connectivity index (χ1n) is 3.62. The van der Waals surface area contributed by atoms with Crippen molar-refractivity contribution < 1.29 is 18.0 Å². The molecule has 1 aliphatic carbocycles. The molecule has 0 aliphatic heterocycles. The summed E-state index contributed by atoms with van der Waals surface area (Å²) in [7, 11) is 0. The maximum absolute atomic E-state index is 13.2. The van der Waals surface area contributed by atoms with E-state index in [-0.39, 0.29) is 0 Å². The third-order valence-electron chi connectivity index (χ3n) is 2.13. The van der Waals surface area contributed by atoms with Gasteiger partial charge in [-0.2, -0.15) is 0 Å². The van der Waals surface area contributed by atoms with Crippen molar-refractivity contribution in [3.8, 4) is 0 Å². The molecule has 0 amide bonds. The Morgan fingerprint density at radius 3 is 1.83 bits per heavy atom. The molecule has 0 spiro atoms. The first-order valence-corrected chi connectivity index (χ1v) is 4.00. The van der Waals surface area contributed by atoms with E-state index in [0.29, 0.717) is 0 Å². The lowest BCUT2D eigenvalue weighted by Crippen LogP contribution is -2.39. The lowest BCUT2D eigenvalue weighted by atomic mass is 9.85. The van der Waals surface area contributed by atoms with E-state index in [1.165, 1.54) is 0 Å². The standard InChI is InChI=1S/C7H8ClF3O/c8-5(12)6(9)1-3-7(10,11)4-2-6/h1-4H2. The minimum atomic E-state index is -2.83. The van der Waals surface area contributed by atoms with Crippen LogP contribution in [0.5, 0.6) is 0 Å². The van der Waals surface area contributed by atoms with Crippen LogP contribution in [-0.4, -0.2) is 16.8 Å². The molecule has 1 saturated carbocycles. The van der Waals surface area contributed by atoms with E-state index in [0.717, 1.165) is 0 Å². The zero-order chi connectivity index (χ0) is 9.41. The fourth-order valence-corrected chi connectivity index (χ4v) is 1.40. The Bertz CT molecular complexity index is 195. The molecule has 0 aromatic carbocycles. The Balaban J connectivity index is 2.62. The summed E-state index contributed by atoms with van der Waals surface area (Å²) in [5, 5.41) is -1.15. The van der Waals surface area contributed by atoms with Crippen LogP contribution in [0.15, 0.2) is 0 Å². The van der Waals surface area contributed by atoms with Gasteiger partial charge in [-0.1, -0.05) is 0 Å². The summed E-state index contributed by atoms with van der Waals surface area (Å²) in [6.07, 6.45) is -2.13. The predicted molar refractivity (Wildman–Crippen MR) is 38.1 cm³/mol. The molecule has 0 bridgehead atoms. The SMILES string of the molecule is O=C(Cl)C1(F)CCC(F)(F)CC1. The Hall–Kier alpha value is -0.250. The maximum Gasteiger partial charge on any atom is 0.258 e. The molecular weight excluding hydrogens is 193 g/mol. The molecule has 12 heavy (non-hydrogen) atoms. The summed E-state index contributed by atoms with van der Waals surface area (Å²) in [5.41, 5.74) is -2.22. The van der Waals surface area contributed by atoms with Gasteiger partial charge in [-0.05, 0) is 24.4 Å². The van der Waals surface area contributed by atoms with Crippen LogP contribution in [0, 0.1) is 0 Å². The molecular formula is C7H8ClF3O. The summed E-state index contributed by atoms with van der Waals surface area (Å²) in [4.78, 5) is 10.5. The molecule has 70 valence electrons. The molecule has 0 aromatic rings. The molecule has 0 radical (unpaired) electrons. The molecule has 0 saturated heterocycles. The Morgan fingerprint density at radius 2 is 1.50 bits per heavy atom. The van der Waals surface area contributed by atoms with Crippen molar-refractivity contribution in [3.63, 3.8) is 0 Å². The van der Waals surface area contributed by atoms with Gasteiger partial charge in [0, 0.05) is 12.8 Å². The summed E-state index contributed by atoms with van der Waals surface area (Å²) in [5.74, 6) is -2.83. The predicted octanol–water partition coefficient (Wildman–Crippen LogP) is 2.67. The van der Waals surface area contributed by atoms with E-state index >= 15 is 0 Å². The van der Waals surface area contributed by atoms with Crippen molar-refractivity contribution in [2.24, 2.45) is 0 Å². The monoisotopic (exact) mass is 200 g/mol. The number of halogens is 4. The topological polar surface area (TPSA) is 17.1 Å². The van der Waals surface area contributed by atoms with E-state index in [2.05, 4.69) is 0 Å². The number of carbonyl (C=O) groups is 1. The van der Waals surface area contributed by atoms with E-state index in [4.69, 9.17) is 11.6 Å². The minimum Gasteiger partial charge on any atom is -0.278 e. The van der Waals surface area contributed by atoms with Crippen LogP contribution in [0.25, 0.3) is 0 Å². The molecule has 1 nitrogen and oxygen atoms in total. The minimum absolute atomic E-state index is 0.470. The van der Waals surface area contributed by atoms with Gasteiger partial charge in [-0.3, -0.25) is 4.79 Å². The molecule has 1 rings (SSSR count). The van der Waals surface area contributed by atoms with Crippen molar-refractivity contribution in [2.45, 2.75) is 37.3 Å². The lowest BCUT2D eigenvalue weighted by molar-refractivity contribution is -0.131. The molecule has 1 aliphatic rings. The van der Waals surface area contributed by atoms with Gasteiger partial charge in [0.1, 0.15) is 0 Å². The van der Waals surface area contributed by atoms with Gasteiger partial charge in [0.05, 0.1) is 0 Å². The van der Waals surface area contributed by atoms with Crippen molar-refractivity contribution in [1.29, 1.82) is 0 Å². The Morgan fingerprint density at radius 1 is 1.08 bits per heavy atom. The van der Waals surface area contributed by atoms with Gasteiger partial charge < -0.3 is 0 Å². The van der Waals surface area contributed by atoms with Gasteiger partial charge in [-0.25, -0.2) is 13.2 Å². The van der Waals surface area contributed by atoms with Gasteiger partial charge in [-0.15, -0.1) is 0 Å². The second-order valence-corrected chi connectivity index (χ2v) is 3.44. The quantitative estimate of drug-likeness (QED) is 0.595. The highest BCUT2D eigenvalue weighted by Crippen LogP contribution is 2.41. The van der Waals surface area contributed by atoms with Gasteiger partial charge in [0.15, 0.2) is 5.67 Å². The van der Waals surface area contributed by atoms with Crippen LogP contribution < -0.4 is 0 Å². The number of rotatable bonds is 1. The van der Waals surface area contributed by atoms with Gasteiger partial charge in [0.25, 0.3) is 5.24 Å². The fourth-order valence-electron chi connectivity index (χ4n) is 1.21. The smallest absolute Gasteiger partial charge is 0.258 e. The second kappa shape index (κ2) is 2.91. The summed E-state index contributed by atoms with van der Waals surface area (Å²) in [6, 6.07) is 0. The van der Waals surface area contributed by atoms with Crippen LogP contribution in [-0.2, 0) is 4.79 Å². The third kappa shape index (κ3) is 1.91. The van der Waals surface area contributed by atoms with Crippen LogP contribution >= 0.6 is 11.6 Å². The lowest BCUT2D eigenvalue weighted by Gasteiger charge is -2.30. The van der Waals surface area contributed by atoms with Crippen molar-refractivity contribution in [3.05, 3.63) is 0 Å². The van der Waals surface area contributed by atoms with E-state index in [1.807, 2.05) is 0 Å². The molecule has 0 atom stereocenters. The molecule has 0 unspecified atom stereocenters. The van der Waals surface area contributed by atoms with E-state index in [9.17, 15) is 18.0 Å². The first kappa shape index (κ1) is 9.84.